The zero-order valence-corrected chi connectivity index (χ0v) is 11.1. The van der Waals surface area contributed by atoms with Crippen LogP contribution in [-0.2, 0) is 5.54 Å². The minimum atomic E-state index is -1.23. The molecule has 0 saturated carbocycles. The van der Waals surface area contributed by atoms with Crippen LogP contribution in [0.1, 0.15) is 11.1 Å². The van der Waals surface area contributed by atoms with Crippen LogP contribution in [0, 0.1) is 24.1 Å². The highest BCUT2D eigenvalue weighted by atomic mass is 19.1. The van der Waals surface area contributed by atoms with Crippen molar-refractivity contribution in [2.24, 2.45) is 5.73 Å². The summed E-state index contributed by atoms with van der Waals surface area (Å²) < 4.78 is 18.7. The van der Waals surface area contributed by atoms with Gasteiger partial charge in [-0.25, -0.2) is 4.39 Å². The van der Waals surface area contributed by atoms with E-state index in [-0.39, 0.29) is 12.4 Å². The van der Waals surface area contributed by atoms with Crippen LogP contribution in [0.2, 0.25) is 0 Å². The molecule has 0 aliphatic carbocycles. The number of benzene rings is 2. The van der Waals surface area contributed by atoms with E-state index in [1.807, 2.05) is 18.2 Å². The van der Waals surface area contributed by atoms with Crippen molar-refractivity contribution in [3.05, 3.63) is 65.5 Å². The topological polar surface area (TPSA) is 59.0 Å². The van der Waals surface area contributed by atoms with E-state index in [1.54, 1.807) is 25.1 Å². The summed E-state index contributed by atoms with van der Waals surface area (Å²) in [5.74, 6) is 0.199. The van der Waals surface area contributed by atoms with Crippen LogP contribution in [0.3, 0.4) is 0 Å². The molecule has 2 aromatic rings. The summed E-state index contributed by atoms with van der Waals surface area (Å²) in [4.78, 5) is 0. The molecule has 2 rings (SSSR count). The molecule has 20 heavy (non-hydrogen) atoms. The van der Waals surface area contributed by atoms with Gasteiger partial charge in [-0.15, -0.1) is 0 Å². The lowest BCUT2D eigenvalue weighted by molar-refractivity contribution is 0.255. The third-order valence-corrected chi connectivity index (χ3v) is 3.08. The normalized spacial score (nSPS) is 13.3. The van der Waals surface area contributed by atoms with E-state index in [2.05, 4.69) is 6.07 Å². The zero-order chi connectivity index (χ0) is 14.6. The average molecular weight is 270 g/mol. The van der Waals surface area contributed by atoms with E-state index in [4.69, 9.17) is 10.5 Å². The van der Waals surface area contributed by atoms with Gasteiger partial charge < -0.3 is 10.5 Å². The van der Waals surface area contributed by atoms with Crippen LogP contribution in [0.4, 0.5) is 4.39 Å². The van der Waals surface area contributed by atoms with E-state index in [1.165, 1.54) is 12.1 Å². The van der Waals surface area contributed by atoms with E-state index < -0.39 is 5.54 Å². The minimum Gasteiger partial charge on any atom is -0.490 e. The van der Waals surface area contributed by atoms with E-state index in [0.29, 0.717) is 16.9 Å². The van der Waals surface area contributed by atoms with Gasteiger partial charge in [-0.2, -0.15) is 5.26 Å². The third-order valence-electron chi connectivity index (χ3n) is 3.08. The molecule has 4 heteroatoms. The zero-order valence-electron chi connectivity index (χ0n) is 11.1. The Kier molecular flexibility index (Phi) is 4.02. The summed E-state index contributed by atoms with van der Waals surface area (Å²) in [5.41, 5.74) is 6.01. The van der Waals surface area contributed by atoms with Gasteiger partial charge in [-0.05, 0) is 36.2 Å². The fourth-order valence-corrected chi connectivity index (χ4v) is 1.82. The van der Waals surface area contributed by atoms with Crippen LogP contribution in [0.5, 0.6) is 5.75 Å². The van der Waals surface area contributed by atoms with Gasteiger partial charge in [-0.1, -0.05) is 30.3 Å². The summed E-state index contributed by atoms with van der Waals surface area (Å²) in [5, 5.41) is 9.30. The highest BCUT2D eigenvalue weighted by molar-refractivity contribution is 5.33. The first-order valence-corrected chi connectivity index (χ1v) is 6.20. The summed E-state index contributed by atoms with van der Waals surface area (Å²) in [6.07, 6.45) is 0. The van der Waals surface area contributed by atoms with Crippen molar-refractivity contribution < 1.29 is 9.13 Å². The Morgan fingerprint density at radius 3 is 2.55 bits per heavy atom. The fraction of sp³-hybridized carbons (Fsp3) is 0.188. The Morgan fingerprint density at radius 2 is 1.95 bits per heavy atom. The summed E-state index contributed by atoms with van der Waals surface area (Å²) in [7, 11) is 0. The van der Waals surface area contributed by atoms with E-state index in [0.717, 1.165) is 0 Å². The third kappa shape index (κ3) is 2.95. The number of halogens is 1. The van der Waals surface area contributed by atoms with Gasteiger partial charge in [0.15, 0.2) is 5.54 Å². The predicted octanol–water partition coefficient (Wildman–Crippen LogP) is 2.89. The second-order valence-electron chi connectivity index (χ2n) is 4.65. The van der Waals surface area contributed by atoms with Crippen molar-refractivity contribution in [2.45, 2.75) is 12.5 Å². The number of aryl methyl sites for hydroxylation is 1. The molecule has 2 aromatic carbocycles. The molecule has 1 atom stereocenters. The number of rotatable bonds is 4. The standard InChI is InChI=1S/C16H15FN2O/c1-12-9-14(7-8-15(12)17)20-11-16(19,10-18)13-5-3-2-4-6-13/h2-9H,11,19H2,1H3. The first-order chi connectivity index (χ1) is 9.55. The number of nitriles is 1. The predicted molar refractivity (Wildman–Crippen MR) is 74.6 cm³/mol. The molecule has 3 nitrogen and oxygen atoms in total. The van der Waals surface area contributed by atoms with Crippen LogP contribution in [-0.4, -0.2) is 6.61 Å². The Balaban J connectivity index is 2.15. The molecule has 0 heterocycles. The van der Waals surface area contributed by atoms with E-state index >= 15 is 0 Å². The summed E-state index contributed by atoms with van der Waals surface area (Å²) in [6.45, 7) is 1.65. The maximum atomic E-state index is 13.2. The van der Waals surface area contributed by atoms with Gasteiger partial charge in [0.25, 0.3) is 0 Å². The lowest BCUT2D eigenvalue weighted by Gasteiger charge is -2.22. The van der Waals surface area contributed by atoms with Crippen molar-refractivity contribution in [3.63, 3.8) is 0 Å². The molecule has 0 fully saturated rings. The lowest BCUT2D eigenvalue weighted by atomic mass is 9.94. The Labute approximate surface area is 117 Å². The Hall–Kier alpha value is -2.38. The molecule has 0 saturated heterocycles. The second-order valence-corrected chi connectivity index (χ2v) is 4.65. The SMILES string of the molecule is Cc1cc(OCC(N)(C#N)c2ccccc2)ccc1F. The number of nitrogens with zero attached hydrogens (tertiary/aromatic N) is 1. The quantitative estimate of drug-likeness (QED) is 0.929. The van der Waals surface area contributed by atoms with Crippen LogP contribution in [0.25, 0.3) is 0 Å². The van der Waals surface area contributed by atoms with Crippen molar-refractivity contribution in [1.29, 1.82) is 5.26 Å². The maximum absolute atomic E-state index is 13.2. The Bertz CT molecular complexity index is 637. The molecule has 0 aliphatic rings. The van der Waals surface area contributed by atoms with E-state index in [9.17, 15) is 9.65 Å². The molecular weight excluding hydrogens is 255 g/mol. The maximum Gasteiger partial charge on any atom is 0.164 e. The number of nitrogens with two attached hydrogens (primary N) is 1. The first kappa shape index (κ1) is 14.0. The lowest BCUT2D eigenvalue weighted by Crippen LogP contribution is -2.41. The van der Waals surface area contributed by atoms with Crippen LogP contribution in [0.15, 0.2) is 48.5 Å². The highest BCUT2D eigenvalue weighted by Crippen LogP contribution is 2.21. The second kappa shape index (κ2) is 5.72. The van der Waals surface area contributed by atoms with Gasteiger partial charge in [0, 0.05) is 0 Å². The molecule has 0 spiro atoms. The molecule has 102 valence electrons. The molecule has 1 unspecified atom stereocenters. The van der Waals surface area contributed by atoms with Crippen molar-refractivity contribution >= 4 is 0 Å². The molecule has 0 aliphatic heterocycles. The molecule has 0 radical (unpaired) electrons. The van der Waals surface area contributed by atoms with Crippen LogP contribution < -0.4 is 10.5 Å². The molecule has 0 amide bonds. The number of ether oxygens (including phenoxy) is 1. The smallest absolute Gasteiger partial charge is 0.164 e. The Morgan fingerprint density at radius 1 is 1.25 bits per heavy atom. The fourth-order valence-electron chi connectivity index (χ4n) is 1.82. The molecule has 0 aromatic heterocycles. The van der Waals surface area contributed by atoms with Crippen molar-refractivity contribution in [2.75, 3.05) is 6.61 Å². The first-order valence-electron chi connectivity index (χ1n) is 6.20. The molecule has 2 N–H and O–H groups in total. The number of hydrogen-bond acceptors (Lipinski definition) is 3. The molecule has 0 bridgehead atoms. The van der Waals surface area contributed by atoms with Gasteiger partial charge in [-0.3, -0.25) is 0 Å². The van der Waals surface area contributed by atoms with Gasteiger partial charge in [0.2, 0.25) is 0 Å². The van der Waals surface area contributed by atoms with Crippen LogP contribution >= 0.6 is 0 Å². The van der Waals surface area contributed by atoms with Gasteiger partial charge >= 0.3 is 0 Å². The largest absolute Gasteiger partial charge is 0.490 e. The molecular formula is C16H15FN2O. The monoisotopic (exact) mass is 270 g/mol. The van der Waals surface area contributed by atoms with Gasteiger partial charge in [0.05, 0.1) is 6.07 Å². The summed E-state index contributed by atoms with van der Waals surface area (Å²) in [6, 6.07) is 15.5. The summed E-state index contributed by atoms with van der Waals surface area (Å²) >= 11 is 0. The van der Waals surface area contributed by atoms with Crippen molar-refractivity contribution in [3.8, 4) is 11.8 Å². The average Bonchev–Trinajstić information content (AvgIpc) is 2.49. The highest BCUT2D eigenvalue weighted by Gasteiger charge is 2.28. The number of hydrogen-bond donors (Lipinski definition) is 1. The van der Waals surface area contributed by atoms with Gasteiger partial charge in [0.1, 0.15) is 18.2 Å². The minimum absolute atomic E-state index is 0.00140. The van der Waals surface area contributed by atoms with Crippen molar-refractivity contribution in [1.82, 2.24) is 0 Å².